The van der Waals surface area contributed by atoms with Crippen LogP contribution in [0.1, 0.15) is 38.3 Å². The molecule has 27 heavy (non-hydrogen) atoms. The minimum atomic E-state index is -0.511. The van der Waals surface area contributed by atoms with Crippen molar-refractivity contribution in [2.45, 2.75) is 45.6 Å². The summed E-state index contributed by atoms with van der Waals surface area (Å²) in [5, 5.41) is 2.65. The number of nitrogens with zero attached hydrogens (tertiary/aromatic N) is 2. The van der Waals surface area contributed by atoms with Crippen molar-refractivity contribution in [2.75, 3.05) is 11.9 Å². The Balaban J connectivity index is 1.78. The average molecular weight is 368 g/mol. The van der Waals surface area contributed by atoms with Gasteiger partial charge in [-0.15, -0.1) is 0 Å². The Bertz CT molecular complexity index is 768. The molecule has 0 aliphatic heterocycles. The molecule has 0 spiro atoms. The zero-order valence-corrected chi connectivity index (χ0v) is 15.7. The van der Waals surface area contributed by atoms with Gasteiger partial charge in [-0.1, -0.05) is 32.3 Å². The maximum atomic E-state index is 11.9. The van der Waals surface area contributed by atoms with E-state index in [1.807, 2.05) is 18.3 Å². The molecule has 0 saturated carbocycles. The Hall–Kier alpha value is -2.98. The summed E-state index contributed by atoms with van der Waals surface area (Å²) in [7, 11) is 0. The van der Waals surface area contributed by atoms with Crippen molar-refractivity contribution in [3.63, 3.8) is 0 Å². The fourth-order valence-corrected chi connectivity index (χ4v) is 2.75. The van der Waals surface area contributed by atoms with Crippen molar-refractivity contribution in [3.05, 3.63) is 54.4 Å². The van der Waals surface area contributed by atoms with Crippen molar-refractivity contribution in [1.82, 2.24) is 0 Å². The number of nitrogens with one attached hydrogen (secondary N) is 1. The third kappa shape index (κ3) is 7.42. The predicted octanol–water partition coefficient (Wildman–Crippen LogP) is 4.31. The molecule has 1 aromatic carbocycles. The second kappa shape index (κ2) is 11.6. The third-order valence-corrected chi connectivity index (χ3v) is 4.17. The van der Waals surface area contributed by atoms with Gasteiger partial charge in [-0.3, -0.25) is 5.32 Å². The number of aliphatic imine (C=N–C) groups is 1. The first-order valence-corrected chi connectivity index (χ1v) is 9.32. The number of carbonyl (C=O) groups excluding carboxylic acids is 2. The molecule has 1 heterocycles. The lowest BCUT2D eigenvalue weighted by Crippen LogP contribution is -2.40. The fraction of sp³-hybridized carbons (Fsp3) is 0.381. The van der Waals surface area contributed by atoms with Crippen LogP contribution in [0.25, 0.3) is 0 Å². The number of carbonyl (C=O) groups is 1. The second-order valence-electron chi connectivity index (χ2n) is 6.21. The number of hydrogen-bond donors (Lipinski definition) is 1. The van der Waals surface area contributed by atoms with Gasteiger partial charge in [0.25, 0.3) is 0 Å². The quantitative estimate of drug-likeness (QED) is 0.294. The zero-order valence-electron chi connectivity index (χ0n) is 15.7. The average Bonchev–Trinajstić information content (AvgIpc) is 2.68. The highest BCUT2D eigenvalue weighted by Gasteiger charge is 2.11. The second-order valence-corrected chi connectivity index (χ2v) is 6.21. The zero-order chi connectivity index (χ0) is 19.3. The molecular weight excluding hydrogens is 342 g/mol. The maximum Gasteiger partial charge on any atom is 0.411 e. The third-order valence-electron chi connectivity index (χ3n) is 4.17. The summed E-state index contributed by atoms with van der Waals surface area (Å²) in [4.78, 5) is 25.6. The number of unbranched alkanes of at least 4 members (excludes halogenated alkanes) is 3. The van der Waals surface area contributed by atoms with E-state index in [0.29, 0.717) is 17.9 Å². The molecule has 0 fully saturated rings. The largest absolute Gasteiger partial charge is 0.443 e. The van der Waals surface area contributed by atoms with Crippen LogP contribution in [0.4, 0.5) is 16.2 Å². The number of rotatable bonds is 10. The number of pyridine rings is 1. The van der Waals surface area contributed by atoms with Gasteiger partial charge in [0, 0.05) is 24.2 Å². The summed E-state index contributed by atoms with van der Waals surface area (Å²) in [5.74, 6) is 0. The van der Waals surface area contributed by atoms with E-state index >= 15 is 0 Å². The lowest BCUT2D eigenvalue weighted by Gasteiger charge is -2.07. The number of amides is 1. The van der Waals surface area contributed by atoms with Gasteiger partial charge in [-0.05, 0) is 30.7 Å². The molecule has 6 nitrogen and oxygen atoms in total. The number of isocyanates is 1. The van der Waals surface area contributed by atoms with Crippen LogP contribution in [-0.2, 0) is 22.5 Å². The summed E-state index contributed by atoms with van der Waals surface area (Å²) < 4.78 is 7.40. The maximum absolute atomic E-state index is 11.9. The smallest absolute Gasteiger partial charge is 0.411 e. The molecule has 1 amide bonds. The first-order chi connectivity index (χ1) is 13.2. The van der Waals surface area contributed by atoms with E-state index in [1.165, 1.54) is 37.5 Å². The van der Waals surface area contributed by atoms with E-state index in [-0.39, 0.29) is 6.61 Å². The van der Waals surface area contributed by atoms with E-state index in [0.717, 1.165) is 6.42 Å². The molecule has 2 aromatic rings. The Labute approximate surface area is 159 Å². The number of aromatic nitrogens is 1. The summed E-state index contributed by atoms with van der Waals surface area (Å²) in [6, 6.07) is 12.7. The molecule has 142 valence electrons. The fourth-order valence-electron chi connectivity index (χ4n) is 2.75. The Morgan fingerprint density at radius 1 is 1.15 bits per heavy atom. The van der Waals surface area contributed by atoms with Crippen LogP contribution < -0.4 is 9.88 Å². The normalized spacial score (nSPS) is 10.1. The highest BCUT2D eigenvalue weighted by molar-refractivity contribution is 5.84. The lowest BCUT2D eigenvalue weighted by atomic mass is 10.1. The SMILES string of the molecule is CCCCCCc1cccc[n+]1CCOC(=O)Nc1ccc(N=C=O)cc1. The molecule has 0 radical (unpaired) electrons. The van der Waals surface area contributed by atoms with E-state index in [2.05, 4.69) is 27.9 Å². The van der Waals surface area contributed by atoms with Crippen LogP contribution in [0.3, 0.4) is 0 Å². The molecule has 6 heteroatoms. The van der Waals surface area contributed by atoms with Crippen molar-refractivity contribution in [3.8, 4) is 0 Å². The first kappa shape index (κ1) is 20.3. The van der Waals surface area contributed by atoms with Crippen molar-refractivity contribution in [2.24, 2.45) is 4.99 Å². The number of aryl methyl sites for hydroxylation is 1. The molecule has 1 N–H and O–H groups in total. The van der Waals surface area contributed by atoms with Gasteiger partial charge >= 0.3 is 6.09 Å². The molecule has 0 aliphatic carbocycles. The van der Waals surface area contributed by atoms with Crippen LogP contribution in [0.2, 0.25) is 0 Å². The van der Waals surface area contributed by atoms with Gasteiger partial charge in [-0.25, -0.2) is 9.59 Å². The monoisotopic (exact) mass is 368 g/mol. The summed E-state index contributed by atoms with van der Waals surface area (Å²) >= 11 is 0. The number of anilines is 1. The molecule has 1 aromatic heterocycles. The molecule has 0 saturated heterocycles. The molecule has 0 atom stereocenters. The van der Waals surface area contributed by atoms with Crippen LogP contribution >= 0.6 is 0 Å². The van der Waals surface area contributed by atoms with Crippen molar-refractivity contribution < 1.29 is 18.9 Å². The summed E-state index contributed by atoms with van der Waals surface area (Å²) in [6.45, 7) is 3.11. The van der Waals surface area contributed by atoms with Gasteiger partial charge in [0.05, 0.1) is 5.69 Å². The number of benzene rings is 1. The summed E-state index contributed by atoms with van der Waals surface area (Å²) in [6.07, 6.45) is 8.90. The molecular formula is C21H26N3O3+. The van der Waals surface area contributed by atoms with E-state index in [4.69, 9.17) is 4.74 Å². The Morgan fingerprint density at radius 2 is 1.96 bits per heavy atom. The standard InChI is InChI=1S/C21H25N3O3/c1-2-3-4-5-8-20-9-6-7-14-24(20)15-16-27-21(26)23-19-12-10-18(11-13-19)22-17-25/h6-7,9-14H,2-5,8,15-16H2,1H3/p+1. The van der Waals surface area contributed by atoms with E-state index in [9.17, 15) is 9.59 Å². The lowest BCUT2D eigenvalue weighted by molar-refractivity contribution is -0.705. The van der Waals surface area contributed by atoms with E-state index in [1.54, 1.807) is 24.3 Å². The molecule has 0 unspecified atom stereocenters. The van der Waals surface area contributed by atoms with Gasteiger partial charge in [0.15, 0.2) is 25.0 Å². The highest BCUT2D eigenvalue weighted by Crippen LogP contribution is 2.15. The van der Waals surface area contributed by atoms with Gasteiger partial charge in [-0.2, -0.15) is 9.56 Å². The number of hydrogen-bond acceptors (Lipinski definition) is 4. The topological polar surface area (TPSA) is 71.6 Å². The predicted molar refractivity (Wildman–Crippen MR) is 104 cm³/mol. The van der Waals surface area contributed by atoms with E-state index < -0.39 is 6.09 Å². The van der Waals surface area contributed by atoms with Gasteiger partial charge < -0.3 is 4.74 Å². The minimum Gasteiger partial charge on any atom is -0.443 e. The van der Waals surface area contributed by atoms with Crippen LogP contribution in [-0.4, -0.2) is 18.8 Å². The number of ether oxygens (including phenoxy) is 1. The Morgan fingerprint density at radius 3 is 2.70 bits per heavy atom. The Kier molecular flexibility index (Phi) is 8.74. The summed E-state index contributed by atoms with van der Waals surface area (Å²) in [5.41, 5.74) is 2.31. The van der Waals surface area contributed by atoms with Crippen LogP contribution in [0.5, 0.6) is 0 Å². The van der Waals surface area contributed by atoms with Crippen molar-refractivity contribution in [1.29, 1.82) is 0 Å². The first-order valence-electron chi connectivity index (χ1n) is 9.32. The van der Waals surface area contributed by atoms with Gasteiger partial charge in [0.2, 0.25) is 6.08 Å². The van der Waals surface area contributed by atoms with Crippen LogP contribution in [0, 0.1) is 0 Å². The molecule has 0 aliphatic rings. The van der Waals surface area contributed by atoms with Crippen LogP contribution in [0.15, 0.2) is 53.7 Å². The van der Waals surface area contributed by atoms with Gasteiger partial charge in [0.1, 0.15) is 0 Å². The molecule has 2 rings (SSSR count). The minimum absolute atomic E-state index is 0.288. The van der Waals surface area contributed by atoms with Crippen molar-refractivity contribution >= 4 is 23.5 Å². The molecule has 0 bridgehead atoms. The highest BCUT2D eigenvalue weighted by atomic mass is 16.5.